The number of nitrogens with one attached hydrogen (secondary N) is 3. The number of carbonyl (C=O) groups is 3. The average molecular weight is 659 g/mol. The van der Waals surface area contributed by atoms with E-state index in [4.69, 9.17) is 0 Å². The molecule has 47 heavy (non-hydrogen) atoms. The van der Waals surface area contributed by atoms with Crippen molar-refractivity contribution in [1.82, 2.24) is 10.3 Å². The van der Waals surface area contributed by atoms with Gasteiger partial charge in [-0.2, -0.15) is 0 Å². The van der Waals surface area contributed by atoms with E-state index in [1.165, 1.54) is 35.2 Å². The number of benzene rings is 5. The highest BCUT2D eigenvalue weighted by Crippen LogP contribution is 2.27. The molecule has 0 unspecified atom stereocenters. The van der Waals surface area contributed by atoms with Crippen LogP contribution in [0.3, 0.4) is 0 Å². The molecule has 0 aliphatic rings. The molecule has 3 N–H and O–H groups in total. The van der Waals surface area contributed by atoms with Gasteiger partial charge in [-0.25, -0.2) is 9.37 Å². The Morgan fingerprint density at radius 3 is 2.38 bits per heavy atom. The van der Waals surface area contributed by atoms with Gasteiger partial charge in [0.2, 0.25) is 5.91 Å². The first-order valence-corrected chi connectivity index (χ1v) is 16.4. The topological polar surface area (TPSA) is 100 Å². The first-order chi connectivity index (χ1) is 22.9. The van der Waals surface area contributed by atoms with E-state index in [-0.39, 0.29) is 23.2 Å². The second-order valence-corrected chi connectivity index (χ2v) is 12.2. The molecule has 0 bridgehead atoms. The Kier molecular flexibility index (Phi) is 9.81. The summed E-state index contributed by atoms with van der Waals surface area (Å²) in [7, 11) is 0. The summed E-state index contributed by atoms with van der Waals surface area (Å²) in [6.45, 7) is 0. The summed E-state index contributed by atoms with van der Waals surface area (Å²) in [5, 5.41) is 12.7. The zero-order chi connectivity index (χ0) is 32.6. The van der Waals surface area contributed by atoms with Gasteiger partial charge >= 0.3 is 0 Å². The van der Waals surface area contributed by atoms with Crippen molar-refractivity contribution in [3.63, 3.8) is 0 Å². The van der Waals surface area contributed by atoms with Crippen LogP contribution < -0.4 is 16.0 Å². The van der Waals surface area contributed by atoms with E-state index in [9.17, 15) is 18.8 Å². The standard InChI is InChI=1S/C37H27FN4O3S2/c38-28-18-16-25(17-19-28)33-22-47-37(41-33)42-34(43)23-46-30-14-7-13-29(21-30)39-36(45)32(40-35(44)26-9-2-1-3-10-26)20-27-12-6-11-24-8-4-5-15-31(24)27/h1-22H,23H2,(H,39,45)(H,40,44)(H,41,42,43)/b32-20+. The molecular formula is C37H27FN4O3S2. The number of hydrogen-bond acceptors (Lipinski definition) is 6. The summed E-state index contributed by atoms with van der Waals surface area (Å²) < 4.78 is 13.2. The SMILES string of the molecule is O=C(CSc1cccc(NC(=O)/C(=C\c2cccc3ccccc23)NC(=O)c2ccccc2)c1)Nc1nc(-c2ccc(F)cc2)cs1. The molecule has 10 heteroatoms. The number of thioether (sulfide) groups is 1. The lowest BCUT2D eigenvalue weighted by Crippen LogP contribution is -2.30. The quantitative estimate of drug-likeness (QED) is 0.102. The van der Waals surface area contributed by atoms with Gasteiger partial charge in [0.25, 0.3) is 11.8 Å². The van der Waals surface area contributed by atoms with Crippen molar-refractivity contribution in [3.8, 4) is 11.3 Å². The number of carbonyl (C=O) groups excluding carboxylic acids is 3. The van der Waals surface area contributed by atoms with E-state index in [2.05, 4.69) is 20.9 Å². The van der Waals surface area contributed by atoms with Crippen molar-refractivity contribution >= 4 is 68.5 Å². The number of nitrogens with zero attached hydrogens (tertiary/aromatic N) is 1. The second-order valence-electron chi connectivity index (χ2n) is 10.3. The summed E-state index contributed by atoms with van der Waals surface area (Å²) in [6, 6.07) is 35.4. The number of rotatable bonds is 10. The third-order valence-electron chi connectivity index (χ3n) is 7.00. The molecule has 3 amide bonds. The molecule has 0 saturated heterocycles. The third kappa shape index (κ3) is 8.18. The number of thiazole rings is 1. The van der Waals surface area contributed by atoms with Crippen LogP contribution in [0.15, 0.2) is 137 Å². The Morgan fingerprint density at radius 1 is 0.809 bits per heavy atom. The summed E-state index contributed by atoms with van der Waals surface area (Å²) in [6.07, 6.45) is 1.67. The van der Waals surface area contributed by atoms with Gasteiger partial charge < -0.3 is 16.0 Å². The zero-order valence-electron chi connectivity index (χ0n) is 24.8. The van der Waals surface area contributed by atoms with E-state index in [1.54, 1.807) is 66.1 Å². The van der Waals surface area contributed by atoms with Crippen LogP contribution >= 0.6 is 23.1 Å². The molecule has 232 valence electrons. The van der Waals surface area contributed by atoms with Gasteiger partial charge in [-0.3, -0.25) is 14.4 Å². The van der Waals surface area contributed by atoms with Crippen molar-refractivity contribution in [2.24, 2.45) is 0 Å². The zero-order valence-corrected chi connectivity index (χ0v) is 26.4. The molecule has 6 aromatic rings. The lowest BCUT2D eigenvalue weighted by molar-refractivity contribution is -0.114. The molecule has 0 atom stereocenters. The first-order valence-electron chi connectivity index (χ1n) is 14.5. The number of aromatic nitrogens is 1. The van der Waals surface area contributed by atoms with Crippen molar-refractivity contribution in [2.45, 2.75) is 4.90 Å². The predicted molar refractivity (Wildman–Crippen MR) is 188 cm³/mol. The van der Waals surface area contributed by atoms with Crippen molar-refractivity contribution < 1.29 is 18.8 Å². The van der Waals surface area contributed by atoms with Gasteiger partial charge in [-0.05, 0) is 77.0 Å². The Balaban J connectivity index is 1.14. The molecule has 0 saturated carbocycles. The van der Waals surface area contributed by atoms with Crippen molar-refractivity contribution in [3.05, 3.63) is 149 Å². The predicted octanol–water partition coefficient (Wildman–Crippen LogP) is 8.24. The van der Waals surface area contributed by atoms with Crippen LogP contribution in [-0.4, -0.2) is 28.5 Å². The largest absolute Gasteiger partial charge is 0.321 e. The number of amides is 3. The molecule has 1 aromatic heterocycles. The monoisotopic (exact) mass is 658 g/mol. The van der Waals surface area contributed by atoms with Crippen LogP contribution in [0.25, 0.3) is 28.1 Å². The van der Waals surface area contributed by atoms with Gasteiger partial charge in [0, 0.05) is 27.1 Å². The molecule has 6 rings (SSSR count). The molecule has 5 aromatic carbocycles. The fourth-order valence-corrected chi connectivity index (χ4v) is 6.22. The van der Waals surface area contributed by atoms with E-state index in [1.807, 2.05) is 54.6 Å². The van der Waals surface area contributed by atoms with Gasteiger partial charge in [0.15, 0.2) is 5.13 Å². The Hall–Kier alpha value is -5.58. The minimum Gasteiger partial charge on any atom is -0.321 e. The minimum absolute atomic E-state index is 0.0797. The highest BCUT2D eigenvalue weighted by molar-refractivity contribution is 8.00. The molecule has 0 radical (unpaired) electrons. The minimum atomic E-state index is -0.497. The molecule has 7 nitrogen and oxygen atoms in total. The van der Waals surface area contributed by atoms with Crippen LogP contribution in [-0.2, 0) is 9.59 Å². The third-order valence-corrected chi connectivity index (χ3v) is 8.76. The average Bonchev–Trinajstić information content (AvgIpc) is 3.56. The van der Waals surface area contributed by atoms with Gasteiger partial charge in [0.05, 0.1) is 11.4 Å². The maximum Gasteiger partial charge on any atom is 0.272 e. The number of fused-ring (bicyclic) bond motifs is 1. The summed E-state index contributed by atoms with van der Waals surface area (Å²) in [5.74, 6) is -1.36. The van der Waals surface area contributed by atoms with Crippen LogP contribution in [0.1, 0.15) is 15.9 Å². The lowest BCUT2D eigenvalue weighted by atomic mass is 10.0. The smallest absolute Gasteiger partial charge is 0.272 e. The normalized spacial score (nSPS) is 11.2. The molecule has 0 fully saturated rings. The maximum absolute atomic E-state index is 13.6. The fraction of sp³-hybridized carbons (Fsp3) is 0.0270. The van der Waals surface area contributed by atoms with Crippen molar-refractivity contribution in [1.29, 1.82) is 0 Å². The summed E-state index contributed by atoms with van der Waals surface area (Å²) in [5.41, 5.74) is 3.19. The van der Waals surface area contributed by atoms with Gasteiger partial charge in [-0.1, -0.05) is 66.7 Å². The first kappa shape index (κ1) is 31.4. The highest BCUT2D eigenvalue weighted by atomic mass is 32.2. The van der Waals surface area contributed by atoms with Gasteiger partial charge in [-0.15, -0.1) is 23.1 Å². The van der Waals surface area contributed by atoms with E-state index < -0.39 is 11.8 Å². The van der Waals surface area contributed by atoms with Gasteiger partial charge in [0.1, 0.15) is 11.5 Å². The van der Waals surface area contributed by atoms with E-state index >= 15 is 0 Å². The van der Waals surface area contributed by atoms with E-state index in [0.29, 0.717) is 22.1 Å². The molecular weight excluding hydrogens is 632 g/mol. The van der Waals surface area contributed by atoms with E-state index in [0.717, 1.165) is 26.8 Å². The van der Waals surface area contributed by atoms with Crippen LogP contribution in [0.5, 0.6) is 0 Å². The Morgan fingerprint density at radius 2 is 1.55 bits per heavy atom. The number of halogens is 1. The Labute approximate surface area is 278 Å². The second kappa shape index (κ2) is 14.7. The fourth-order valence-electron chi connectivity index (χ4n) is 4.72. The summed E-state index contributed by atoms with van der Waals surface area (Å²) >= 11 is 2.59. The van der Waals surface area contributed by atoms with Crippen LogP contribution in [0.4, 0.5) is 15.2 Å². The number of hydrogen-bond donors (Lipinski definition) is 3. The van der Waals surface area contributed by atoms with Crippen molar-refractivity contribution in [2.75, 3.05) is 16.4 Å². The lowest BCUT2D eigenvalue weighted by Gasteiger charge is -2.13. The molecule has 1 heterocycles. The summed E-state index contributed by atoms with van der Waals surface area (Å²) in [4.78, 5) is 44.6. The number of anilines is 2. The van der Waals surface area contributed by atoms with Crippen LogP contribution in [0, 0.1) is 5.82 Å². The molecule has 0 aliphatic heterocycles. The van der Waals surface area contributed by atoms with Crippen LogP contribution in [0.2, 0.25) is 0 Å². The highest BCUT2D eigenvalue weighted by Gasteiger charge is 2.16. The maximum atomic E-state index is 13.6. The molecule has 0 aliphatic carbocycles. The molecule has 0 spiro atoms. The Bertz CT molecular complexity index is 2090.